The Kier molecular flexibility index (Phi) is 5.58. The van der Waals surface area contributed by atoms with Gasteiger partial charge < -0.3 is 13.9 Å². The number of cyclic esters (lactones) is 2. The van der Waals surface area contributed by atoms with Crippen LogP contribution in [-0.4, -0.2) is 11.9 Å². The van der Waals surface area contributed by atoms with Gasteiger partial charge in [0.2, 0.25) is 0 Å². The normalized spacial score (nSPS) is 15.5. The van der Waals surface area contributed by atoms with Crippen LogP contribution >= 0.6 is 15.9 Å². The van der Waals surface area contributed by atoms with Crippen LogP contribution in [0.5, 0.6) is 5.75 Å². The number of benzene rings is 2. The summed E-state index contributed by atoms with van der Waals surface area (Å²) in [5.41, 5.74) is 4.48. The number of rotatable bonds is 4. The van der Waals surface area contributed by atoms with Crippen LogP contribution in [0.1, 0.15) is 37.7 Å². The van der Waals surface area contributed by atoms with Crippen molar-refractivity contribution in [1.82, 2.24) is 0 Å². The zero-order valence-corrected chi connectivity index (χ0v) is 19.3. The first-order chi connectivity index (χ1) is 14.8. The molecule has 4 rings (SSSR count). The summed E-state index contributed by atoms with van der Waals surface area (Å²) in [6, 6.07) is 13.5. The van der Waals surface area contributed by atoms with Crippen molar-refractivity contribution in [1.29, 1.82) is 0 Å². The van der Waals surface area contributed by atoms with Crippen LogP contribution in [0.25, 0.3) is 16.5 Å². The molecule has 0 radical (unpaired) electrons. The quantitative estimate of drug-likeness (QED) is 0.250. The van der Waals surface area contributed by atoms with E-state index in [4.69, 9.17) is 13.9 Å². The molecule has 0 bridgehead atoms. The second kappa shape index (κ2) is 8.19. The molecule has 0 atom stereocenters. The molecule has 31 heavy (non-hydrogen) atoms. The summed E-state index contributed by atoms with van der Waals surface area (Å²) in [7, 11) is 0. The number of halogens is 1. The number of carbonyl (C=O) groups excluding carboxylic acids is 2. The molecule has 0 saturated carbocycles. The largest absolute Gasteiger partial charge is 0.489 e. The van der Waals surface area contributed by atoms with Gasteiger partial charge in [-0.3, -0.25) is 0 Å². The molecule has 0 N–H and O–H groups in total. The third-order valence-electron chi connectivity index (χ3n) is 5.25. The number of fused-ring (bicyclic) bond motifs is 1. The fourth-order valence-corrected chi connectivity index (χ4v) is 4.08. The lowest BCUT2D eigenvalue weighted by Gasteiger charge is -2.08. The summed E-state index contributed by atoms with van der Waals surface area (Å²) < 4.78 is 17.8. The Morgan fingerprint density at radius 2 is 1.65 bits per heavy atom. The van der Waals surface area contributed by atoms with Crippen LogP contribution in [0, 0.1) is 6.92 Å². The van der Waals surface area contributed by atoms with Crippen LogP contribution in [0.4, 0.5) is 0 Å². The number of hydrogen-bond acceptors (Lipinski definition) is 5. The Morgan fingerprint density at radius 1 is 0.968 bits per heavy atom. The van der Waals surface area contributed by atoms with E-state index in [1.54, 1.807) is 13.8 Å². The molecule has 0 unspecified atom stereocenters. The lowest BCUT2D eigenvalue weighted by molar-refractivity contribution is -0.149. The molecule has 6 heteroatoms. The summed E-state index contributed by atoms with van der Waals surface area (Å²) in [5, 5.41) is 0.816. The molecule has 0 spiro atoms. The first-order valence-corrected chi connectivity index (χ1v) is 10.6. The van der Waals surface area contributed by atoms with Gasteiger partial charge in [-0.15, -0.1) is 0 Å². The van der Waals surface area contributed by atoms with Crippen LogP contribution in [0.15, 0.2) is 68.1 Å². The summed E-state index contributed by atoms with van der Waals surface area (Å²) in [6.07, 6.45) is 0. The molecular formula is C25H21BrO5. The summed E-state index contributed by atoms with van der Waals surface area (Å²) >= 11 is 3.43. The average Bonchev–Trinajstić information content (AvgIpc) is 3.21. The lowest BCUT2D eigenvalue weighted by Crippen LogP contribution is -2.00. The maximum absolute atomic E-state index is 12.4. The third-order valence-corrected chi connectivity index (χ3v) is 5.78. The van der Waals surface area contributed by atoms with E-state index >= 15 is 0 Å². The second-order valence-electron chi connectivity index (χ2n) is 7.66. The minimum absolute atomic E-state index is 0.289. The monoisotopic (exact) mass is 480 g/mol. The topological polar surface area (TPSA) is 65.7 Å². The average molecular weight is 481 g/mol. The van der Waals surface area contributed by atoms with E-state index in [1.165, 1.54) is 0 Å². The molecule has 0 aliphatic carbocycles. The fraction of sp³-hybridized carbons (Fsp3) is 0.200. The molecule has 2 heterocycles. The summed E-state index contributed by atoms with van der Waals surface area (Å²) in [4.78, 5) is 24.6. The van der Waals surface area contributed by atoms with Crippen LogP contribution in [-0.2, 0) is 20.9 Å². The lowest BCUT2D eigenvalue weighted by atomic mass is 9.93. The van der Waals surface area contributed by atoms with Crippen molar-refractivity contribution in [2.45, 2.75) is 34.3 Å². The number of hydrogen-bond donors (Lipinski definition) is 0. The van der Waals surface area contributed by atoms with E-state index in [9.17, 15) is 9.59 Å². The predicted molar refractivity (Wildman–Crippen MR) is 121 cm³/mol. The summed E-state index contributed by atoms with van der Waals surface area (Å²) in [6.45, 7) is 7.65. The second-order valence-corrected chi connectivity index (χ2v) is 8.57. The Labute approximate surface area is 188 Å². The van der Waals surface area contributed by atoms with Crippen molar-refractivity contribution in [3.63, 3.8) is 0 Å². The van der Waals surface area contributed by atoms with Crippen molar-refractivity contribution in [3.05, 3.63) is 80.5 Å². The van der Waals surface area contributed by atoms with Gasteiger partial charge in [0.05, 0.1) is 11.1 Å². The van der Waals surface area contributed by atoms with Gasteiger partial charge in [-0.25, -0.2) is 9.59 Å². The SMILES string of the molecule is CC(C)=C1C(=O)OC(=O)/C1=C(\C)c1c(C)oc2ccc(OCc3ccc(Br)cc3)cc12. The molecule has 3 aromatic rings. The Hall–Kier alpha value is -3.12. The number of furan rings is 1. The van der Waals surface area contributed by atoms with E-state index in [2.05, 4.69) is 15.9 Å². The van der Waals surface area contributed by atoms with Gasteiger partial charge in [-0.05, 0) is 69.2 Å². The first kappa shape index (κ1) is 21.1. The third kappa shape index (κ3) is 3.95. The molecular weight excluding hydrogens is 460 g/mol. The minimum atomic E-state index is -0.630. The number of ether oxygens (including phenoxy) is 2. The first-order valence-electron chi connectivity index (χ1n) is 9.82. The van der Waals surface area contributed by atoms with Crippen LogP contribution in [0.2, 0.25) is 0 Å². The van der Waals surface area contributed by atoms with Crippen molar-refractivity contribution in [3.8, 4) is 5.75 Å². The van der Waals surface area contributed by atoms with Crippen molar-refractivity contribution < 1.29 is 23.5 Å². The van der Waals surface area contributed by atoms with E-state index in [0.717, 1.165) is 26.6 Å². The Bertz CT molecular complexity index is 1270. The zero-order valence-electron chi connectivity index (χ0n) is 17.7. The van der Waals surface area contributed by atoms with E-state index in [1.807, 2.05) is 56.3 Å². The van der Waals surface area contributed by atoms with Gasteiger partial charge in [-0.2, -0.15) is 0 Å². The standard InChI is InChI=1S/C25H21BrO5/c1-13(2)21-23(25(28)31-24(21)27)14(3)22-15(4)30-20-10-9-18(11-19(20)22)29-12-16-5-7-17(26)8-6-16/h5-11H,12H2,1-4H3/b23-14+. The van der Waals surface area contributed by atoms with Gasteiger partial charge in [0.1, 0.15) is 23.7 Å². The molecule has 1 aromatic heterocycles. The molecule has 158 valence electrons. The molecule has 1 aliphatic heterocycles. The van der Waals surface area contributed by atoms with Crippen LogP contribution in [0.3, 0.4) is 0 Å². The number of allylic oxidation sites excluding steroid dienone is 2. The van der Waals surface area contributed by atoms with Gasteiger partial charge >= 0.3 is 11.9 Å². The minimum Gasteiger partial charge on any atom is -0.489 e. The Morgan fingerprint density at radius 3 is 2.32 bits per heavy atom. The molecule has 1 saturated heterocycles. The van der Waals surface area contributed by atoms with E-state index in [0.29, 0.717) is 34.8 Å². The molecule has 1 fully saturated rings. The maximum atomic E-state index is 12.4. The van der Waals surface area contributed by atoms with Gasteiger partial charge in [0.15, 0.2) is 0 Å². The maximum Gasteiger partial charge on any atom is 0.347 e. The smallest absolute Gasteiger partial charge is 0.347 e. The van der Waals surface area contributed by atoms with Crippen LogP contribution < -0.4 is 4.74 Å². The number of aryl methyl sites for hydroxylation is 1. The highest BCUT2D eigenvalue weighted by Gasteiger charge is 2.37. The van der Waals surface area contributed by atoms with Crippen molar-refractivity contribution >= 4 is 44.4 Å². The summed E-state index contributed by atoms with van der Waals surface area (Å²) in [5.74, 6) is 0.103. The highest BCUT2D eigenvalue weighted by atomic mass is 79.9. The predicted octanol–water partition coefficient (Wildman–Crippen LogP) is 6.28. The fourth-order valence-electron chi connectivity index (χ4n) is 3.81. The van der Waals surface area contributed by atoms with Gasteiger partial charge in [-0.1, -0.05) is 33.6 Å². The van der Waals surface area contributed by atoms with Gasteiger partial charge in [0.25, 0.3) is 0 Å². The highest BCUT2D eigenvalue weighted by molar-refractivity contribution is 9.10. The molecule has 0 amide bonds. The molecule has 1 aliphatic rings. The molecule has 5 nitrogen and oxygen atoms in total. The van der Waals surface area contributed by atoms with Crippen molar-refractivity contribution in [2.75, 3.05) is 0 Å². The number of esters is 2. The zero-order chi connectivity index (χ0) is 22.3. The number of carbonyl (C=O) groups is 2. The Balaban J connectivity index is 1.76. The van der Waals surface area contributed by atoms with E-state index in [-0.39, 0.29) is 5.57 Å². The highest BCUT2D eigenvalue weighted by Crippen LogP contribution is 2.39. The van der Waals surface area contributed by atoms with Gasteiger partial charge in [0, 0.05) is 15.4 Å². The molecule has 2 aromatic carbocycles. The van der Waals surface area contributed by atoms with Crippen molar-refractivity contribution in [2.24, 2.45) is 0 Å². The van der Waals surface area contributed by atoms with E-state index < -0.39 is 11.9 Å².